The Hall–Kier alpha value is -3.60. The average molecular weight is 385 g/mol. The van der Waals surface area contributed by atoms with Crippen molar-refractivity contribution in [1.29, 1.82) is 5.41 Å². The van der Waals surface area contributed by atoms with Crippen molar-refractivity contribution >= 4 is 17.5 Å². The number of amidine groups is 1. The van der Waals surface area contributed by atoms with E-state index >= 15 is 0 Å². The Morgan fingerprint density at radius 2 is 1.90 bits per heavy atom. The molecule has 1 aliphatic rings. The van der Waals surface area contributed by atoms with E-state index in [1.165, 1.54) is 5.56 Å². The zero-order chi connectivity index (χ0) is 20.5. The third kappa shape index (κ3) is 3.59. The summed E-state index contributed by atoms with van der Waals surface area (Å²) in [7, 11) is 0. The Morgan fingerprint density at radius 3 is 2.66 bits per heavy atom. The third-order valence-electron chi connectivity index (χ3n) is 5.46. The molecule has 3 aromatic carbocycles. The monoisotopic (exact) mass is 385 g/mol. The van der Waals surface area contributed by atoms with E-state index in [4.69, 9.17) is 11.1 Å². The fourth-order valence-electron chi connectivity index (χ4n) is 4.00. The van der Waals surface area contributed by atoms with Crippen molar-refractivity contribution in [3.63, 3.8) is 0 Å². The first-order chi connectivity index (χ1) is 13.9. The molecule has 0 fully saturated rings. The molecule has 3 aromatic rings. The number of nitrogens with zero attached hydrogens (tertiary/aromatic N) is 1. The maximum Gasteiger partial charge on any atom is 0.336 e. The summed E-state index contributed by atoms with van der Waals surface area (Å²) in [6, 6.07) is 19.5. The lowest BCUT2D eigenvalue weighted by Crippen LogP contribution is -2.20. The second kappa shape index (κ2) is 7.43. The molecule has 4 rings (SSSR count). The Kier molecular flexibility index (Phi) is 4.80. The van der Waals surface area contributed by atoms with Crippen molar-refractivity contribution in [2.75, 3.05) is 11.4 Å². The maximum atomic E-state index is 11.8. The van der Waals surface area contributed by atoms with Crippen molar-refractivity contribution < 1.29 is 9.90 Å². The molecule has 0 amide bonds. The number of carbonyl (C=O) groups is 1. The van der Waals surface area contributed by atoms with E-state index in [0.29, 0.717) is 12.1 Å². The molecule has 0 aliphatic carbocycles. The first-order valence-corrected chi connectivity index (χ1v) is 9.58. The number of fused-ring (bicyclic) bond motifs is 1. The normalized spacial score (nSPS) is 12.7. The van der Waals surface area contributed by atoms with Crippen LogP contribution in [0.4, 0.5) is 5.69 Å². The smallest absolute Gasteiger partial charge is 0.336 e. The van der Waals surface area contributed by atoms with Gasteiger partial charge in [0.15, 0.2) is 0 Å². The van der Waals surface area contributed by atoms with Crippen LogP contribution < -0.4 is 10.6 Å². The molecule has 0 spiro atoms. The minimum atomic E-state index is -0.915. The topological polar surface area (TPSA) is 90.4 Å². The minimum absolute atomic E-state index is 0.0807. The van der Waals surface area contributed by atoms with Crippen LogP contribution in [-0.2, 0) is 13.0 Å². The summed E-state index contributed by atoms with van der Waals surface area (Å²) >= 11 is 0. The van der Waals surface area contributed by atoms with Gasteiger partial charge < -0.3 is 15.7 Å². The van der Waals surface area contributed by atoms with Gasteiger partial charge >= 0.3 is 5.97 Å². The number of nitrogen functional groups attached to an aromatic ring is 1. The lowest BCUT2D eigenvalue weighted by Gasteiger charge is -2.22. The lowest BCUT2D eigenvalue weighted by molar-refractivity contribution is 0.0697. The molecule has 0 saturated heterocycles. The number of rotatable bonds is 5. The highest BCUT2D eigenvalue weighted by Gasteiger charge is 2.22. The fraction of sp³-hybridized carbons (Fsp3) is 0.167. The van der Waals surface area contributed by atoms with Gasteiger partial charge in [0.2, 0.25) is 0 Å². The number of carboxylic acid groups (broad SMARTS) is 1. The Labute approximate surface area is 169 Å². The van der Waals surface area contributed by atoms with E-state index in [9.17, 15) is 9.90 Å². The predicted octanol–water partition coefficient (Wildman–Crippen LogP) is 4.21. The zero-order valence-electron chi connectivity index (χ0n) is 16.3. The van der Waals surface area contributed by atoms with Gasteiger partial charge in [0, 0.05) is 24.3 Å². The summed E-state index contributed by atoms with van der Waals surface area (Å²) in [4.78, 5) is 14.1. The van der Waals surface area contributed by atoms with E-state index in [0.717, 1.165) is 46.5 Å². The average Bonchev–Trinajstić information content (AvgIpc) is 3.10. The Bertz CT molecular complexity index is 1120. The molecule has 0 bridgehead atoms. The van der Waals surface area contributed by atoms with E-state index in [-0.39, 0.29) is 5.84 Å². The highest BCUT2D eigenvalue weighted by Crippen LogP contribution is 2.33. The van der Waals surface area contributed by atoms with E-state index in [1.54, 1.807) is 6.07 Å². The van der Waals surface area contributed by atoms with Gasteiger partial charge in [-0.15, -0.1) is 0 Å². The van der Waals surface area contributed by atoms with Crippen LogP contribution in [0.2, 0.25) is 0 Å². The molecular formula is C24H23N3O2. The number of hydrogen-bond donors (Lipinski definition) is 3. The highest BCUT2D eigenvalue weighted by atomic mass is 16.4. The molecule has 4 N–H and O–H groups in total. The summed E-state index contributed by atoms with van der Waals surface area (Å²) in [5, 5.41) is 17.3. The highest BCUT2D eigenvalue weighted by molar-refractivity contribution is 5.97. The molecule has 1 aliphatic heterocycles. The number of nitrogens with one attached hydrogen (secondary N) is 1. The standard InChI is InChI=1S/C24H23N3O2/c1-15-6-8-20(21(12-15)24(28)29)19-5-3-2-4-18(19)14-27-11-10-16-13-17(23(25)26)7-9-22(16)27/h2-9,12-13H,10-11,14H2,1H3,(H3,25,26)(H,28,29). The van der Waals surface area contributed by atoms with Crippen LogP contribution in [0.5, 0.6) is 0 Å². The molecule has 1 heterocycles. The quantitative estimate of drug-likeness (QED) is 0.453. The minimum Gasteiger partial charge on any atom is -0.478 e. The summed E-state index contributed by atoms with van der Waals surface area (Å²) in [5.74, 6) is -0.834. The van der Waals surface area contributed by atoms with Crippen LogP contribution in [0, 0.1) is 12.3 Å². The van der Waals surface area contributed by atoms with Gasteiger partial charge in [0.25, 0.3) is 0 Å². The van der Waals surface area contributed by atoms with Crippen LogP contribution >= 0.6 is 0 Å². The number of benzene rings is 3. The summed E-state index contributed by atoms with van der Waals surface area (Å²) in [5.41, 5.74) is 12.7. The van der Waals surface area contributed by atoms with Crippen LogP contribution in [0.25, 0.3) is 11.1 Å². The van der Waals surface area contributed by atoms with Gasteiger partial charge in [0.05, 0.1) is 5.56 Å². The van der Waals surface area contributed by atoms with Crippen molar-refractivity contribution in [3.05, 3.63) is 88.5 Å². The number of anilines is 1. The van der Waals surface area contributed by atoms with E-state index in [1.807, 2.05) is 55.5 Å². The first-order valence-electron chi connectivity index (χ1n) is 9.58. The summed E-state index contributed by atoms with van der Waals surface area (Å²) in [6.45, 7) is 3.47. The van der Waals surface area contributed by atoms with Gasteiger partial charge in [0.1, 0.15) is 5.84 Å². The third-order valence-corrected chi connectivity index (χ3v) is 5.46. The van der Waals surface area contributed by atoms with Crippen LogP contribution in [0.1, 0.15) is 32.6 Å². The predicted molar refractivity (Wildman–Crippen MR) is 116 cm³/mol. The van der Waals surface area contributed by atoms with Gasteiger partial charge in [-0.3, -0.25) is 5.41 Å². The van der Waals surface area contributed by atoms with Crippen LogP contribution in [0.15, 0.2) is 60.7 Å². The summed E-state index contributed by atoms with van der Waals surface area (Å²) < 4.78 is 0. The van der Waals surface area contributed by atoms with E-state index in [2.05, 4.69) is 11.0 Å². The molecule has 0 radical (unpaired) electrons. The second-order valence-corrected chi connectivity index (χ2v) is 7.44. The van der Waals surface area contributed by atoms with Gasteiger partial charge in [-0.25, -0.2) is 4.79 Å². The molecule has 5 nitrogen and oxygen atoms in total. The van der Waals surface area contributed by atoms with Gasteiger partial charge in [-0.05, 0) is 59.9 Å². The summed E-state index contributed by atoms with van der Waals surface area (Å²) in [6.07, 6.45) is 0.906. The maximum absolute atomic E-state index is 11.8. The Balaban J connectivity index is 1.71. The number of hydrogen-bond acceptors (Lipinski definition) is 3. The largest absolute Gasteiger partial charge is 0.478 e. The number of aryl methyl sites for hydroxylation is 1. The van der Waals surface area contributed by atoms with Gasteiger partial charge in [-0.1, -0.05) is 42.0 Å². The van der Waals surface area contributed by atoms with Crippen molar-refractivity contribution in [2.24, 2.45) is 5.73 Å². The number of nitrogens with two attached hydrogens (primary N) is 1. The molecule has 5 heteroatoms. The Morgan fingerprint density at radius 1 is 1.10 bits per heavy atom. The molecule has 146 valence electrons. The van der Waals surface area contributed by atoms with Crippen LogP contribution in [0.3, 0.4) is 0 Å². The van der Waals surface area contributed by atoms with Crippen LogP contribution in [-0.4, -0.2) is 23.5 Å². The molecule has 0 saturated carbocycles. The van der Waals surface area contributed by atoms with E-state index < -0.39 is 5.97 Å². The molecule has 0 aromatic heterocycles. The van der Waals surface area contributed by atoms with Crippen molar-refractivity contribution in [2.45, 2.75) is 19.9 Å². The fourth-order valence-corrected chi connectivity index (χ4v) is 4.00. The first kappa shape index (κ1) is 18.7. The SMILES string of the molecule is Cc1ccc(-c2ccccc2CN2CCc3cc(C(=N)N)ccc32)c(C(=O)O)c1. The molecule has 29 heavy (non-hydrogen) atoms. The van der Waals surface area contributed by atoms with Crippen molar-refractivity contribution in [1.82, 2.24) is 0 Å². The van der Waals surface area contributed by atoms with Gasteiger partial charge in [-0.2, -0.15) is 0 Å². The second-order valence-electron chi connectivity index (χ2n) is 7.44. The zero-order valence-corrected chi connectivity index (χ0v) is 16.3. The lowest BCUT2D eigenvalue weighted by atomic mass is 9.94. The molecular weight excluding hydrogens is 362 g/mol. The molecule has 0 unspecified atom stereocenters. The van der Waals surface area contributed by atoms with Crippen molar-refractivity contribution in [3.8, 4) is 11.1 Å². The number of carboxylic acids is 1. The number of aromatic carboxylic acids is 1. The molecule has 0 atom stereocenters.